The summed E-state index contributed by atoms with van der Waals surface area (Å²) in [4.78, 5) is 30.3. The Morgan fingerprint density at radius 2 is 1.64 bits per heavy atom. The number of methoxy groups -OCH3 is 1. The van der Waals surface area contributed by atoms with Crippen molar-refractivity contribution in [3.8, 4) is 5.75 Å². The van der Waals surface area contributed by atoms with Crippen molar-refractivity contribution in [2.75, 3.05) is 17.7 Å². The summed E-state index contributed by atoms with van der Waals surface area (Å²) in [5, 5.41) is 16.0. The second-order valence-electron chi connectivity index (χ2n) is 9.10. The van der Waals surface area contributed by atoms with Crippen LogP contribution in [0.2, 0.25) is 0 Å². The number of hydrogen-bond donors (Lipinski definition) is 3. The number of anilines is 2. The fourth-order valence-corrected chi connectivity index (χ4v) is 4.27. The number of nitrogens with one attached hydrogen (secondary N) is 2. The number of carbonyl (C=O) groups is 2. The third kappa shape index (κ3) is 5.85. The van der Waals surface area contributed by atoms with Gasteiger partial charge >= 0.3 is 6.18 Å². The molecule has 0 spiro atoms. The number of aromatic nitrogens is 1. The first-order valence-corrected chi connectivity index (χ1v) is 11.9. The number of halogens is 3. The van der Waals surface area contributed by atoms with E-state index in [1.807, 2.05) is 0 Å². The Kier molecular flexibility index (Phi) is 7.60. The number of rotatable bonds is 6. The quantitative estimate of drug-likeness (QED) is 0.263. The molecule has 4 rings (SSSR count). The van der Waals surface area contributed by atoms with Gasteiger partial charge in [-0.25, -0.2) is 0 Å². The number of hydrogen-bond acceptors (Lipinski definition) is 5. The number of nitrogens with zero attached hydrogens (tertiary/aromatic N) is 1. The van der Waals surface area contributed by atoms with Gasteiger partial charge in [-0.1, -0.05) is 12.1 Å². The first kappa shape index (κ1) is 27.6. The van der Waals surface area contributed by atoms with Crippen molar-refractivity contribution in [3.05, 3.63) is 94.2 Å². The minimum atomic E-state index is -4.59. The van der Waals surface area contributed by atoms with Crippen LogP contribution in [0, 0.1) is 13.8 Å². The number of pyridine rings is 1. The Labute approximate surface area is 222 Å². The number of aliphatic hydroxyl groups excluding tert-OH is 1. The molecular weight excluding hydrogens is 511 g/mol. The average Bonchev–Trinajstić information content (AvgIpc) is 2.88. The van der Waals surface area contributed by atoms with Gasteiger partial charge in [0.15, 0.2) is 0 Å². The van der Waals surface area contributed by atoms with Crippen LogP contribution in [0.25, 0.3) is 10.9 Å². The molecular formula is C29H26F3N3O4. The van der Waals surface area contributed by atoms with Crippen LogP contribution in [0.5, 0.6) is 5.75 Å². The van der Waals surface area contributed by atoms with E-state index in [9.17, 15) is 27.9 Å². The van der Waals surface area contributed by atoms with Crippen LogP contribution in [0.3, 0.4) is 0 Å². The molecule has 1 atom stereocenters. The van der Waals surface area contributed by atoms with E-state index in [1.54, 1.807) is 44.2 Å². The second-order valence-corrected chi connectivity index (χ2v) is 9.10. The molecule has 2 amide bonds. The summed E-state index contributed by atoms with van der Waals surface area (Å²) >= 11 is 0. The molecule has 3 aromatic carbocycles. The molecule has 0 bridgehead atoms. The summed E-state index contributed by atoms with van der Waals surface area (Å²) in [5.74, 6) is -0.705. The van der Waals surface area contributed by atoms with E-state index in [0.717, 1.165) is 6.07 Å². The van der Waals surface area contributed by atoms with E-state index in [-0.39, 0.29) is 22.4 Å². The number of aryl methyl sites for hydroxylation is 1. The molecule has 1 aromatic heterocycles. The van der Waals surface area contributed by atoms with Crippen molar-refractivity contribution in [1.82, 2.24) is 4.98 Å². The fraction of sp³-hybridized carbons (Fsp3) is 0.207. The number of benzene rings is 3. The minimum absolute atomic E-state index is 0.118. The zero-order valence-electron chi connectivity index (χ0n) is 21.6. The van der Waals surface area contributed by atoms with Gasteiger partial charge in [-0.3, -0.25) is 14.6 Å². The van der Waals surface area contributed by atoms with E-state index >= 15 is 0 Å². The Hall–Kier alpha value is -4.44. The zero-order valence-corrected chi connectivity index (χ0v) is 21.6. The van der Waals surface area contributed by atoms with Crippen molar-refractivity contribution in [2.24, 2.45) is 0 Å². The van der Waals surface area contributed by atoms with Gasteiger partial charge in [0, 0.05) is 27.8 Å². The molecule has 0 aliphatic rings. The van der Waals surface area contributed by atoms with Crippen LogP contribution in [0.4, 0.5) is 24.5 Å². The summed E-state index contributed by atoms with van der Waals surface area (Å²) < 4.78 is 45.1. The summed E-state index contributed by atoms with van der Waals surface area (Å²) in [5.41, 5.74) is 1.55. The first-order valence-electron chi connectivity index (χ1n) is 11.9. The van der Waals surface area contributed by atoms with Gasteiger partial charge < -0.3 is 20.5 Å². The standard InChI is InChI=1S/C29H26F3N3O4/c1-15-8-9-19(34-27(37)21-6-5-7-24(16(21)2)29(30,31)32)12-22(15)28(38)35-20-10-18-11-26(39-4)23(17(3)36)13-25(18)33-14-20/h5-14,17,36H,1-4H3,(H,34,37)(H,35,38). The largest absolute Gasteiger partial charge is 0.496 e. The van der Waals surface area contributed by atoms with Crippen molar-refractivity contribution in [3.63, 3.8) is 0 Å². The SMILES string of the molecule is COc1cc2cc(NC(=O)c3cc(NC(=O)c4cccc(C(F)(F)F)c4C)ccc3C)cnc2cc1C(C)O. The Bertz CT molecular complexity index is 1580. The number of ether oxygens (including phenoxy) is 1. The van der Waals surface area contributed by atoms with E-state index in [1.165, 1.54) is 38.4 Å². The lowest BCUT2D eigenvalue weighted by Gasteiger charge is -2.15. The fourth-order valence-electron chi connectivity index (χ4n) is 4.27. The molecule has 1 unspecified atom stereocenters. The van der Waals surface area contributed by atoms with Crippen LogP contribution in [0.15, 0.2) is 60.8 Å². The summed E-state index contributed by atoms with van der Waals surface area (Å²) in [6.07, 6.45) is -3.85. The number of aliphatic hydroxyl groups is 1. The molecule has 0 saturated heterocycles. The maximum atomic E-state index is 13.3. The molecule has 3 N–H and O–H groups in total. The van der Waals surface area contributed by atoms with E-state index in [0.29, 0.717) is 33.5 Å². The van der Waals surface area contributed by atoms with Crippen molar-refractivity contribution in [2.45, 2.75) is 33.1 Å². The van der Waals surface area contributed by atoms with Gasteiger partial charge in [-0.2, -0.15) is 13.2 Å². The number of alkyl halides is 3. The Balaban J connectivity index is 1.57. The lowest BCUT2D eigenvalue weighted by atomic mass is 10.0. The molecule has 0 saturated carbocycles. The molecule has 10 heteroatoms. The van der Waals surface area contributed by atoms with Crippen molar-refractivity contribution < 1.29 is 32.6 Å². The summed E-state index contributed by atoms with van der Waals surface area (Å²) in [6, 6.07) is 13.2. The van der Waals surface area contributed by atoms with Gasteiger partial charge in [0.1, 0.15) is 5.75 Å². The molecule has 4 aromatic rings. The summed E-state index contributed by atoms with van der Waals surface area (Å²) in [6.45, 7) is 4.58. The van der Waals surface area contributed by atoms with Crippen LogP contribution in [-0.4, -0.2) is 29.0 Å². The van der Waals surface area contributed by atoms with Gasteiger partial charge in [0.2, 0.25) is 0 Å². The van der Waals surface area contributed by atoms with E-state index in [2.05, 4.69) is 15.6 Å². The molecule has 0 aliphatic heterocycles. The van der Waals surface area contributed by atoms with E-state index < -0.39 is 29.7 Å². The topological polar surface area (TPSA) is 101 Å². The molecule has 0 radical (unpaired) electrons. The monoisotopic (exact) mass is 537 g/mol. The highest BCUT2D eigenvalue weighted by Gasteiger charge is 2.33. The van der Waals surface area contributed by atoms with Crippen LogP contribution >= 0.6 is 0 Å². The van der Waals surface area contributed by atoms with E-state index in [4.69, 9.17) is 4.74 Å². The maximum Gasteiger partial charge on any atom is 0.416 e. The van der Waals surface area contributed by atoms with Gasteiger partial charge in [0.05, 0.1) is 36.2 Å². The van der Waals surface area contributed by atoms with Crippen LogP contribution in [0.1, 0.15) is 56.0 Å². The minimum Gasteiger partial charge on any atom is -0.496 e. The summed E-state index contributed by atoms with van der Waals surface area (Å²) in [7, 11) is 1.50. The number of carbonyl (C=O) groups excluding carboxylic acids is 2. The number of fused-ring (bicyclic) bond motifs is 1. The smallest absolute Gasteiger partial charge is 0.416 e. The van der Waals surface area contributed by atoms with Crippen LogP contribution < -0.4 is 15.4 Å². The lowest BCUT2D eigenvalue weighted by Crippen LogP contribution is -2.18. The molecule has 39 heavy (non-hydrogen) atoms. The highest BCUT2D eigenvalue weighted by atomic mass is 19.4. The van der Waals surface area contributed by atoms with Crippen molar-refractivity contribution >= 4 is 34.1 Å². The Morgan fingerprint density at radius 1 is 0.949 bits per heavy atom. The van der Waals surface area contributed by atoms with Crippen LogP contribution in [-0.2, 0) is 6.18 Å². The highest BCUT2D eigenvalue weighted by Crippen LogP contribution is 2.33. The third-order valence-corrected chi connectivity index (χ3v) is 6.36. The van der Waals surface area contributed by atoms with Gasteiger partial charge in [-0.05, 0) is 74.4 Å². The number of amides is 2. The normalized spacial score (nSPS) is 12.2. The Morgan fingerprint density at radius 3 is 2.31 bits per heavy atom. The van der Waals surface area contributed by atoms with Gasteiger partial charge in [0.25, 0.3) is 11.8 Å². The maximum absolute atomic E-state index is 13.3. The predicted molar refractivity (Wildman–Crippen MR) is 142 cm³/mol. The lowest BCUT2D eigenvalue weighted by molar-refractivity contribution is -0.138. The molecule has 0 fully saturated rings. The first-order chi connectivity index (χ1) is 18.4. The second kappa shape index (κ2) is 10.7. The molecule has 0 aliphatic carbocycles. The third-order valence-electron chi connectivity index (χ3n) is 6.36. The molecule has 7 nitrogen and oxygen atoms in total. The predicted octanol–water partition coefficient (Wildman–Crippen LogP) is 6.44. The average molecular weight is 538 g/mol. The van der Waals surface area contributed by atoms with Crippen molar-refractivity contribution in [1.29, 1.82) is 0 Å². The highest BCUT2D eigenvalue weighted by molar-refractivity contribution is 6.09. The molecule has 1 heterocycles. The van der Waals surface area contributed by atoms with Gasteiger partial charge in [-0.15, -0.1) is 0 Å². The zero-order chi connectivity index (χ0) is 28.5. The molecule has 202 valence electrons.